The van der Waals surface area contributed by atoms with E-state index in [1.54, 1.807) is 12.5 Å². The summed E-state index contributed by atoms with van der Waals surface area (Å²) in [6.45, 7) is 5.32. The van der Waals surface area contributed by atoms with Crippen molar-refractivity contribution in [3.63, 3.8) is 0 Å². The van der Waals surface area contributed by atoms with Gasteiger partial charge in [-0.3, -0.25) is 4.79 Å². The fraction of sp³-hybridized carbons (Fsp3) is 0.636. The van der Waals surface area contributed by atoms with Crippen LogP contribution in [0.4, 0.5) is 0 Å². The lowest BCUT2D eigenvalue weighted by atomic mass is 9.99. The molecule has 0 aliphatic heterocycles. The molecule has 0 aliphatic rings. The molecule has 0 saturated heterocycles. The summed E-state index contributed by atoms with van der Waals surface area (Å²) in [7, 11) is 0. The Hall–Kier alpha value is -1.36. The van der Waals surface area contributed by atoms with E-state index in [-0.39, 0.29) is 11.8 Å². The lowest BCUT2D eigenvalue weighted by Crippen LogP contribution is -2.45. The number of hydrogen-bond acceptors (Lipinski definition) is 3. The minimum absolute atomic E-state index is 0.0746. The van der Waals surface area contributed by atoms with Gasteiger partial charge >= 0.3 is 0 Å². The van der Waals surface area contributed by atoms with Gasteiger partial charge in [-0.25, -0.2) is 4.98 Å². The Morgan fingerprint density at radius 2 is 2.38 bits per heavy atom. The van der Waals surface area contributed by atoms with Crippen molar-refractivity contribution in [2.75, 3.05) is 6.54 Å². The molecule has 1 amide bonds. The molecule has 0 spiro atoms. The summed E-state index contributed by atoms with van der Waals surface area (Å²) < 4.78 is 1.91. The maximum atomic E-state index is 11.6. The molecular formula is C11H20N4O. The third kappa shape index (κ3) is 3.66. The summed E-state index contributed by atoms with van der Waals surface area (Å²) in [5, 5.41) is 2.82. The van der Waals surface area contributed by atoms with E-state index in [4.69, 9.17) is 5.73 Å². The van der Waals surface area contributed by atoms with Crippen molar-refractivity contribution in [3.05, 3.63) is 18.7 Å². The fourth-order valence-electron chi connectivity index (χ4n) is 1.36. The first-order valence-electron chi connectivity index (χ1n) is 5.64. The number of imidazole rings is 1. The molecule has 1 aromatic rings. The number of carbonyl (C=O) groups excluding carboxylic acids is 1. The summed E-state index contributed by atoms with van der Waals surface area (Å²) in [5.41, 5.74) is 5.80. The highest BCUT2D eigenvalue weighted by Crippen LogP contribution is 2.04. The lowest BCUT2D eigenvalue weighted by Gasteiger charge is -2.17. The second-order valence-corrected chi connectivity index (χ2v) is 4.00. The third-order valence-corrected chi connectivity index (χ3v) is 2.79. The number of hydrogen-bond donors (Lipinski definition) is 2. The van der Waals surface area contributed by atoms with Crippen molar-refractivity contribution in [2.24, 2.45) is 11.7 Å². The summed E-state index contributed by atoms with van der Waals surface area (Å²) in [6.07, 6.45) is 6.21. The van der Waals surface area contributed by atoms with Crippen molar-refractivity contribution in [1.29, 1.82) is 0 Å². The number of nitrogens with two attached hydrogens (primary N) is 1. The summed E-state index contributed by atoms with van der Waals surface area (Å²) in [6, 6.07) is -0.409. The van der Waals surface area contributed by atoms with E-state index in [0.29, 0.717) is 6.54 Å². The number of carbonyl (C=O) groups is 1. The average molecular weight is 224 g/mol. The maximum absolute atomic E-state index is 11.6. The minimum atomic E-state index is -0.409. The number of nitrogens with zero attached hydrogens (tertiary/aromatic N) is 2. The Balaban J connectivity index is 2.24. The van der Waals surface area contributed by atoms with Gasteiger partial charge in [0.1, 0.15) is 0 Å². The zero-order chi connectivity index (χ0) is 12.0. The van der Waals surface area contributed by atoms with Crippen LogP contribution in [0.15, 0.2) is 18.7 Å². The molecule has 5 nitrogen and oxygen atoms in total. The summed E-state index contributed by atoms with van der Waals surface area (Å²) >= 11 is 0. The molecule has 0 saturated carbocycles. The van der Waals surface area contributed by atoms with Gasteiger partial charge in [-0.05, 0) is 5.92 Å². The second kappa shape index (κ2) is 6.27. The third-order valence-electron chi connectivity index (χ3n) is 2.79. The Bertz CT molecular complexity index is 310. The monoisotopic (exact) mass is 224 g/mol. The highest BCUT2D eigenvalue weighted by molar-refractivity contribution is 5.81. The Morgan fingerprint density at radius 3 is 2.94 bits per heavy atom. The van der Waals surface area contributed by atoms with Gasteiger partial charge in [-0.1, -0.05) is 20.3 Å². The molecule has 1 unspecified atom stereocenters. The molecule has 16 heavy (non-hydrogen) atoms. The molecule has 1 heterocycles. The number of rotatable bonds is 6. The van der Waals surface area contributed by atoms with Crippen molar-refractivity contribution < 1.29 is 4.79 Å². The van der Waals surface area contributed by atoms with Crippen LogP contribution in [0.2, 0.25) is 0 Å². The van der Waals surface area contributed by atoms with Gasteiger partial charge < -0.3 is 15.6 Å². The van der Waals surface area contributed by atoms with Crippen LogP contribution in [0.1, 0.15) is 20.3 Å². The standard InChI is InChI=1S/C11H20N4O/c1-3-9(2)10(12)11(16)14-5-7-15-6-4-13-8-15/h4,6,8-10H,3,5,7,12H2,1-2H3,(H,14,16)/t9?,10-/m0/s1. The van der Waals surface area contributed by atoms with Crippen molar-refractivity contribution >= 4 is 5.91 Å². The normalized spacial score (nSPS) is 14.4. The largest absolute Gasteiger partial charge is 0.353 e. The highest BCUT2D eigenvalue weighted by atomic mass is 16.2. The van der Waals surface area contributed by atoms with Crippen LogP contribution in [-0.2, 0) is 11.3 Å². The maximum Gasteiger partial charge on any atom is 0.237 e. The molecule has 90 valence electrons. The predicted molar refractivity (Wildman–Crippen MR) is 62.7 cm³/mol. The van der Waals surface area contributed by atoms with Gasteiger partial charge in [-0.15, -0.1) is 0 Å². The summed E-state index contributed by atoms with van der Waals surface area (Å²) in [4.78, 5) is 15.5. The molecule has 0 aliphatic carbocycles. The van der Waals surface area contributed by atoms with Crippen LogP contribution in [-0.4, -0.2) is 28.0 Å². The van der Waals surface area contributed by atoms with Gasteiger partial charge in [0.2, 0.25) is 5.91 Å². The van der Waals surface area contributed by atoms with Crippen LogP contribution < -0.4 is 11.1 Å². The fourth-order valence-corrected chi connectivity index (χ4v) is 1.36. The molecule has 5 heteroatoms. The molecule has 0 bridgehead atoms. The Labute approximate surface area is 96.0 Å². The van der Waals surface area contributed by atoms with Crippen LogP contribution in [0.25, 0.3) is 0 Å². The summed E-state index contributed by atoms with van der Waals surface area (Å²) in [5.74, 6) is 0.141. The van der Waals surface area contributed by atoms with Gasteiger partial charge in [0.15, 0.2) is 0 Å². The van der Waals surface area contributed by atoms with E-state index < -0.39 is 6.04 Å². The molecule has 1 rings (SSSR count). The van der Waals surface area contributed by atoms with Crippen LogP contribution in [0, 0.1) is 5.92 Å². The van der Waals surface area contributed by atoms with Crippen molar-refractivity contribution in [1.82, 2.24) is 14.9 Å². The van der Waals surface area contributed by atoms with E-state index in [9.17, 15) is 4.79 Å². The predicted octanol–water partition coefficient (Wildman–Crippen LogP) is 0.373. The molecule has 1 aromatic heterocycles. The van der Waals surface area contributed by atoms with Crippen LogP contribution in [0.5, 0.6) is 0 Å². The Kier molecular flexibility index (Phi) is 4.98. The van der Waals surface area contributed by atoms with Crippen molar-refractivity contribution in [3.8, 4) is 0 Å². The molecule has 2 atom stereocenters. The van der Waals surface area contributed by atoms with Crippen LogP contribution in [0.3, 0.4) is 0 Å². The molecule has 0 fully saturated rings. The second-order valence-electron chi connectivity index (χ2n) is 4.00. The SMILES string of the molecule is CCC(C)[C@H](N)C(=O)NCCn1ccnc1. The quantitative estimate of drug-likeness (QED) is 0.733. The van der Waals surface area contributed by atoms with E-state index in [0.717, 1.165) is 13.0 Å². The lowest BCUT2D eigenvalue weighted by molar-refractivity contribution is -0.123. The first kappa shape index (κ1) is 12.7. The zero-order valence-electron chi connectivity index (χ0n) is 9.89. The molecular weight excluding hydrogens is 204 g/mol. The zero-order valence-corrected chi connectivity index (χ0v) is 9.89. The highest BCUT2D eigenvalue weighted by Gasteiger charge is 2.18. The first-order chi connectivity index (χ1) is 7.65. The van der Waals surface area contributed by atoms with Crippen LogP contribution >= 0.6 is 0 Å². The number of nitrogens with one attached hydrogen (secondary N) is 1. The van der Waals surface area contributed by atoms with Crippen molar-refractivity contribution in [2.45, 2.75) is 32.9 Å². The minimum Gasteiger partial charge on any atom is -0.353 e. The first-order valence-corrected chi connectivity index (χ1v) is 5.64. The molecule has 3 N–H and O–H groups in total. The number of amides is 1. The van der Waals surface area contributed by atoms with E-state index in [1.165, 1.54) is 0 Å². The van der Waals surface area contributed by atoms with Gasteiger partial charge in [-0.2, -0.15) is 0 Å². The topological polar surface area (TPSA) is 72.9 Å². The number of aromatic nitrogens is 2. The van der Waals surface area contributed by atoms with E-state index in [2.05, 4.69) is 10.3 Å². The van der Waals surface area contributed by atoms with Gasteiger partial charge in [0.25, 0.3) is 0 Å². The molecule has 0 radical (unpaired) electrons. The smallest absolute Gasteiger partial charge is 0.237 e. The Morgan fingerprint density at radius 1 is 1.62 bits per heavy atom. The van der Waals surface area contributed by atoms with E-state index in [1.807, 2.05) is 24.6 Å². The van der Waals surface area contributed by atoms with Gasteiger partial charge in [0, 0.05) is 25.5 Å². The molecule has 0 aromatic carbocycles. The van der Waals surface area contributed by atoms with E-state index >= 15 is 0 Å². The van der Waals surface area contributed by atoms with Gasteiger partial charge in [0.05, 0.1) is 12.4 Å². The average Bonchev–Trinajstić information content (AvgIpc) is 2.79.